The minimum atomic E-state index is -3.72. The first-order chi connectivity index (χ1) is 8.90. The number of nitrogens with one attached hydrogen (secondary N) is 2. The van der Waals surface area contributed by atoms with Crippen LogP contribution in [-0.4, -0.2) is 23.6 Å². The van der Waals surface area contributed by atoms with Gasteiger partial charge in [0.15, 0.2) is 0 Å². The minimum absolute atomic E-state index is 0.0157. The predicted molar refractivity (Wildman–Crippen MR) is 76.7 cm³/mol. The molecule has 0 aliphatic rings. The number of H-pyrrole nitrogens is 1. The van der Waals surface area contributed by atoms with Crippen LogP contribution in [0.25, 0.3) is 0 Å². The fourth-order valence-corrected chi connectivity index (χ4v) is 2.74. The maximum atomic E-state index is 12.0. The zero-order valence-electron chi connectivity index (χ0n) is 9.42. The number of nitrogens with two attached hydrogens (primary N) is 1. The van der Waals surface area contributed by atoms with Crippen molar-refractivity contribution in [2.24, 2.45) is 5.73 Å². The molecule has 0 amide bonds. The summed E-state index contributed by atoms with van der Waals surface area (Å²) in [6.07, 6.45) is 2.46. The maximum Gasteiger partial charge on any atom is 0.265 e. The molecule has 0 aliphatic carbocycles. The lowest BCUT2D eigenvalue weighted by molar-refractivity contribution is 0.601. The smallest absolute Gasteiger partial charge is 0.265 e. The van der Waals surface area contributed by atoms with Crippen molar-refractivity contribution in [1.82, 2.24) is 10.2 Å². The molecule has 0 fully saturated rings. The maximum absolute atomic E-state index is 12.0. The first-order valence-corrected chi connectivity index (χ1v) is 7.28. The van der Waals surface area contributed by atoms with Gasteiger partial charge in [-0.3, -0.25) is 9.82 Å². The quantitative estimate of drug-likeness (QED) is 0.742. The van der Waals surface area contributed by atoms with E-state index in [9.17, 15) is 8.42 Å². The van der Waals surface area contributed by atoms with E-state index in [0.717, 1.165) is 0 Å². The molecule has 0 unspecified atom stereocenters. The Bertz CT molecular complexity index is 713. The molecule has 6 nitrogen and oxygen atoms in total. The molecule has 19 heavy (non-hydrogen) atoms. The number of halogens is 1. The van der Waals surface area contributed by atoms with E-state index in [4.69, 9.17) is 29.6 Å². The molecule has 0 atom stereocenters. The van der Waals surface area contributed by atoms with Crippen LogP contribution >= 0.6 is 23.8 Å². The van der Waals surface area contributed by atoms with Gasteiger partial charge in [0.05, 0.1) is 16.9 Å². The van der Waals surface area contributed by atoms with Gasteiger partial charge in [-0.25, -0.2) is 8.42 Å². The molecule has 100 valence electrons. The molecule has 2 rings (SSSR count). The van der Waals surface area contributed by atoms with Gasteiger partial charge in [-0.15, -0.1) is 0 Å². The molecular weight excluding hydrogens is 308 g/mol. The van der Waals surface area contributed by atoms with E-state index in [1.807, 2.05) is 0 Å². The summed E-state index contributed by atoms with van der Waals surface area (Å²) in [5.74, 6) is 0. The molecule has 2 aromatic rings. The Morgan fingerprint density at radius 3 is 2.74 bits per heavy atom. The highest BCUT2D eigenvalue weighted by molar-refractivity contribution is 7.92. The lowest BCUT2D eigenvalue weighted by atomic mass is 10.2. The topological polar surface area (TPSA) is 101 Å². The molecule has 0 spiro atoms. The Morgan fingerprint density at radius 1 is 1.47 bits per heavy atom. The number of hydrogen-bond donors (Lipinski definition) is 3. The molecule has 1 heterocycles. The predicted octanol–water partition coefficient (Wildman–Crippen LogP) is 1.50. The average Bonchev–Trinajstić information content (AvgIpc) is 2.85. The Kier molecular flexibility index (Phi) is 3.74. The van der Waals surface area contributed by atoms with Crippen molar-refractivity contribution in [2.45, 2.75) is 4.90 Å². The van der Waals surface area contributed by atoms with Crippen molar-refractivity contribution in [3.63, 3.8) is 0 Å². The number of benzene rings is 1. The van der Waals surface area contributed by atoms with Crippen LogP contribution in [0.15, 0.2) is 35.5 Å². The van der Waals surface area contributed by atoms with Crippen molar-refractivity contribution in [2.75, 3.05) is 4.72 Å². The van der Waals surface area contributed by atoms with Crippen molar-refractivity contribution >= 4 is 44.5 Å². The second-order valence-corrected chi connectivity index (χ2v) is 6.13. The van der Waals surface area contributed by atoms with Crippen molar-refractivity contribution in [3.05, 3.63) is 41.2 Å². The van der Waals surface area contributed by atoms with Crippen LogP contribution in [0.5, 0.6) is 0 Å². The first kappa shape index (κ1) is 13.8. The Balaban J connectivity index is 2.32. The molecule has 0 saturated heterocycles. The van der Waals surface area contributed by atoms with Crippen LogP contribution in [0, 0.1) is 0 Å². The standard InChI is InChI=1S/C10H9ClN4O2S2/c11-8-3-6(10(12)18)1-2-9(8)15-19(16,17)7-4-13-14-5-7/h1-5,15H,(H2,12,18)(H,13,14). The number of rotatable bonds is 4. The van der Waals surface area contributed by atoms with Crippen LogP contribution < -0.4 is 10.5 Å². The average molecular weight is 317 g/mol. The molecule has 0 radical (unpaired) electrons. The van der Waals surface area contributed by atoms with Crippen LogP contribution in [0.2, 0.25) is 5.02 Å². The van der Waals surface area contributed by atoms with Gasteiger partial charge in [0.1, 0.15) is 9.88 Å². The monoisotopic (exact) mass is 316 g/mol. The van der Waals surface area contributed by atoms with Gasteiger partial charge in [-0.1, -0.05) is 23.8 Å². The minimum Gasteiger partial charge on any atom is -0.389 e. The molecule has 1 aromatic heterocycles. The Morgan fingerprint density at radius 2 is 2.21 bits per heavy atom. The van der Waals surface area contributed by atoms with Gasteiger partial charge >= 0.3 is 0 Å². The number of sulfonamides is 1. The number of aromatic amines is 1. The molecule has 4 N–H and O–H groups in total. The second kappa shape index (κ2) is 5.16. The van der Waals surface area contributed by atoms with E-state index in [0.29, 0.717) is 5.56 Å². The molecule has 0 aliphatic heterocycles. The highest BCUT2D eigenvalue weighted by Gasteiger charge is 2.17. The van der Waals surface area contributed by atoms with Crippen molar-refractivity contribution < 1.29 is 8.42 Å². The number of nitrogens with zero attached hydrogens (tertiary/aromatic N) is 1. The summed E-state index contributed by atoms with van der Waals surface area (Å²) in [6, 6.07) is 4.58. The first-order valence-electron chi connectivity index (χ1n) is 5.01. The Labute approximate surface area is 120 Å². The number of thiocarbonyl (C=S) groups is 1. The molecule has 0 bridgehead atoms. The summed E-state index contributed by atoms with van der Waals surface area (Å²) < 4.78 is 26.3. The van der Waals surface area contributed by atoms with Crippen LogP contribution in [0.1, 0.15) is 5.56 Å². The highest BCUT2D eigenvalue weighted by Crippen LogP contribution is 2.25. The van der Waals surface area contributed by atoms with E-state index in [2.05, 4.69) is 14.9 Å². The van der Waals surface area contributed by atoms with Gasteiger partial charge < -0.3 is 5.73 Å². The lowest BCUT2D eigenvalue weighted by Gasteiger charge is -2.09. The van der Waals surface area contributed by atoms with Gasteiger partial charge in [-0.2, -0.15) is 5.10 Å². The van der Waals surface area contributed by atoms with Crippen LogP contribution in [0.4, 0.5) is 5.69 Å². The van der Waals surface area contributed by atoms with Gasteiger partial charge in [0, 0.05) is 11.8 Å². The highest BCUT2D eigenvalue weighted by atomic mass is 35.5. The summed E-state index contributed by atoms with van der Waals surface area (Å²) in [7, 11) is -3.72. The normalized spacial score (nSPS) is 11.2. The summed E-state index contributed by atoms with van der Waals surface area (Å²) in [5, 5.41) is 6.21. The van der Waals surface area contributed by atoms with Crippen LogP contribution in [0.3, 0.4) is 0 Å². The zero-order valence-corrected chi connectivity index (χ0v) is 11.8. The number of aromatic nitrogens is 2. The largest absolute Gasteiger partial charge is 0.389 e. The summed E-state index contributed by atoms with van der Waals surface area (Å²) in [6.45, 7) is 0. The third kappa shape index (κ3) is 3.03. The van der Waals surface area contributed by atoms with Crippen molar-refractivity contribution in [1.29, 1.82) is 0 Å². The molecular formula is C10H9ClN4O2S2. The van der Waals surface area contributed by atoms with E-state index >= 15 is 0 Å². The molecule has 1 aromatic carbocycles. The number of hydrogen-bond acceptors (Lipinski definition) is 4. The van der Waals surface area contributed by atoms with E-state index in [-0.39, 0.29) is 20.6 Å². The van der Waals surface area contributed by atoms with E-state index in [1.165, 1.54) is 24.5 Å². The summed E-state index contributed by atoms with van der Waals surface area (Å²) in [5.41, 5.74) is 6.26. The zero-order chi connectivity index (χ0) is 14.0. The SMILES string of the molecule is NC(=S)c1ccc(NS(=O)(=O)c2cn[nH]c2)c(Cl)c1. The fourth-order valence-electron chi connectivity index (χ4n) is 1.34. The van der Waals surface area contributed by atoms with Gasteiger partial charge in [0.2, 0.25) is 0 Å². The van der Waals surface area contributed by atoms with E-state index in [1.54, 1.807) is 6.07 Å². The number of anilines is 1. The second-order valence-electron chi connectivity index (χ2n) is 3.60. The van der Waals surface area contributed by atoms with E-state index < -0.39 is 10.0 Å². The molecule has 0 saturated carbocycles. The fraction of sp³-hybridized carbons (Fsp3) is 0. The third-order valence-electron chi connectivity index (χ3n) is 2.28. The molecule has 9 heteroatoms. The van der Waals surface area contributed by atoms with Crippen LogP contribution in [-0.2, 0) is 10.0 Å². The Hall–Kier alpha value is -1.64. The third-order valence-corrected chi connectivity index (χ3v) is 4.16. The lowest BCUT2D eigenvalue weighted by Crippen LogP contribution is -2.13. The van der Waals surface area contributed by atoms with Gasteiger partial charge in [-0.05, 0) is 18.2 Å². The van der Waals surface area contributed by atoms with Crippen molar-refractivity contribution in [3.8, 4) is 0 Å². The van der Waals surface area contributed by atoms with Gasteiger partial charge in [0.25, 0.3) is 10.0 Å². The summed E-state index contributed by atoms with van der Waals surface area (Å²) in [4.78, 5) is 0.202. The summed E-state index contributed by atoms with van der Waals surface area (Å²) >= 11 is 10.8.